The Morgan fingerprint density at radius 1 is 0.266 bits per heavy atom. The van der Waals surface area contributed by atoms with Crippen LogP contribution in [-0.2, 0) is 65.4 Å². The molecule has 0 heterocycles. The second-order valence-corrected chi connectivity index (χ2v) is 31.9. The van der Waals surface area contributed by atoms with Crippen LogP contribution in [-0.4, -0.2) is 96.7 Å². The van der Waals surface area contributed by atoms with Crippen LogP contribution in [0.3, 0.4) is 0 Å². The number of ether oxygens (including phenoxy) is 4. The first-order chi connectivity index (χ1) is 45.1. The lowest BCUT2D eigenvalue weighted by molar-refractivity contribution is -0.161. The van der Waals surface area contributed by atoms with Crippen molar-refractivity contribution in [2.75, 3.05) is 39.6 Å². The van der Waals surface area contributed by atoms with Gasteiger partial charge in [-0.15, -0.1) is 0 Å². The summed E-state index contributed by atoms with van der Waals surface area (Å²) in [4.78, 5) is 72.8. The van der Waals surface area contributed by atoms with E-state index in [1.165, 1.54) is 173 Å². The number of carbonyl (C=O) groups excluding carboxylic acids is 4. The molecule has 0 aliphatic carbocycles. The lowest BCUT2D eigenvalue weighted by Crippen LogP contribution is -2.30. The molecule has 0 aromatic carbocycles. The molecule has 0 saturated carbocycles. The molecule has 3 unspecified atom stereocenters. The van der Waals surface area contributed by atoms with Gasteiger partial charge in [-0.2, -0.15) is 0 Å². The van der Waals surface area contributed by atoms with E-state index in [4.69, 9.17) is 37.0 Å². The number of phosphoric acid groups is 2. The Balaban J connectivity index is 5.23. The van der Waals surface area contributed by atoms with Gasteiger partial charge in [0.05, 0.1) is 26.4 Å². The Bertz CT molecular complexity index is 1850. The average Bonchev–Trinajstić information content (AvgIpc) is 2.12. The first-order valence-electron chi connectivity index (χ1n) is 38.7. The van der Waals surface area contributed by atoms with Crippen LogP contribution in [0.15, 0.2) is 0 Å². The van der Waals surface area contributed by atoms with E-state index in [0.717, 1.165) is 114 Å². The molecule has 0 aromatic rings. The lowest BCUT2D eigenvalue weighted by atomic mass is 10.0. The van der Waals surface area contributed by atoms with Gasteiger partial charge >= 0.3 is 39.5 Å². The largest absolute Gasteiger partial charge is 0.472 e. The fourth-order valence-corrected chi connectivity index (χ4v) is 13.0. The minimum Gasteiger partial charge on any atom is -0.462 e. The zero-order chi connectivity index (χ0) is 69.6. The summed E-state index contributed by atoms with van der Waals surface area (Å²) in [5.41, 5.74) is 0. The quantitative estimate of drug-likeness (QED) is 0.0222. The van der Waals surface area contributed by atoms with E-state index < -0.39 is 97.5 Å². The second kappa shape index (κ2) is 64.4. The molecule has 0 rings (SSSR count). The van der Waals surface area contributed by atoms with Gasteiger partial charge in [-0.1, -0.05) is 325 Å². The van der Waals surface area contributed by atoms with Gasteiger partial charge < -0.3 is 33.8 Å². The monoisotopic (exact) mass is 1380 g/mol. The third kappa shape index (κ3) is 68.6. The van der Waals surface area contributed by atoms with Crippen LogP contribution in [0.4, 0.5) is 0 Å². The van der Waals surface area contributed by atoms with Gasteiger partial charge in [0.15, 0.2) is 12.2 Å². The van der Waals surface area contributed by atoms with Crippen LogP contribution in [0.1, 0.15) is 376 Å². The molecule has 19 heteroatoms. The molecule has 0 aromatic heterocycles. The number of aliphatic hydroxyl groups excluding tert-OH is 1. The molecule has 0 spiro atoms. The van der Waals surface area contributed by atoms with Crippen molar-refractivity contribution < 1.29 is 80.2 Å². The smallest absolute Gasteiger partial charge is 0.462 e. The Hall–Kier alpha value is -1.94. The molecule has 0 radical (unpaired) electrons. The third-order valence-electron chi connectivity index (χ3n) is 17.3. The number of aliphatic hydroxyl groups is 1. The molecule has 17 nitrogen and oxygen atoms in total. The Kier molecular flexibility index (Phi) is 63.1. The van der Waals surface area contributed by atoms with Crippen molar-refractivity contribution in [1.29, 1.82) is 0 Å². The van der Waals surface area contributed by atoms with Crippen LogP contribution in [0, 0.1) is 23.7 Å². The Labute approximate surface area is 575 Å². The predicted octanol–water partition coefficient (Wildman–Crippen LogP) is 21.7. The summed E-state index contributed by atoms with van der Waals surface area (Å²) >= 11 is 0. The van der Waals surface area contributed by atoms with E-state index in [2.05, 4.69) is 55.4 Å². The van der Waals surface area contributed by atoms with Crippen molar-refractivity contribution in [1.82, 2.24) is 0 Å². The van der Waals surface area contributed by atoms with Crippen LogP contribution < -0.4 is 0 Å². The number of hydrogen-bond donors (Lipinski definition) is 3. The zero-order valence-corrected chi connectivity index (χ0v) is 63.4. The van der Waals surface area contributed by atoms with Gasteiger partial charge in [-0.25, -0.2) is 9.13 Å². The van der Waals surface area contributed by atoms with Gasteiger partial charge in [0.25, 0.3) is 0 Å². The SMILES string of the molecule is CC(C)CCCCCCCCCCCCCCCC(=O)OC[C@H](COP(=O)(O)OCC(O)COP(=O)(O)OC[C@@H](COC(=O)CCCCCCCCCC(C)C)OC(=O)CCCCCCCCCCCCCCCC(C)C)OC(=O)CCCCCCCCCCCC(C)C. The summed E-state index contributed by atoms with van der Waals surface area (Å²) in [6.07, 6.45) is 48.6. The molecule has 3 N–H and O–H groups in total. The van der Waals surface area contributed by atoms with Crippen LogP contribution >= 0.6 is 15.6 Å². The third-order valence-corrected chi connectivity index (χ3v) is 19.2. The molecular weight excluding hydrogens is 1230 g/mol. The summed E-state index contributed by atoms with van der Waals surface area (Å²) in [7, 11) is -9.91. The maximum Gasteiger partial charge on any atom is 0.472 e. The van der Waals surface area contributed by atoms with E-state index in [0.29, 0.717) is 31.6 Å². The first kappa shape index (κ1) is 92.1. The van der Waals surface area contributed by atoms with Crippen molar-refractivity contribution in [3.63, 3.8) is 0 Å². The van der Waals surface area contributed by atoms with E-state index in [1.54, 1.807) is 0 Å². The Morgan fingerprint density at radius 3 is 0.660 bits per heavy atom. The molecule has 0 aliphatic heterocycles. The maximum absolute atomic E-state index is 13.1. The summed E-state index contributed by atoms with van der Waals surface area (Å²) < 4.78 is 68.5. The van der Waals surface area contributed by atoms with E-state index in [-0.39, 0.29) is 25.7 Å². The second-order valence-electron chi connectivity index (χ2n) is 28.9. The number of carbonyl (C=O) groups is 4. The molecule has 0 fully saturated rings. The van der Waals surface area contributed by atoms with E-state index in [9.17, 15) is 43.2 Å². The number of hydrogen-bond acceptors (Lipinski definition) is 15. The van der Waals surface area contributed by atoms with Crippen molar-refractivity contribution in [3.8, 4) is 0 Å². The van der Waals surface area contributed by atoms with Crippen LogP contribution in [0.5, 0.6) is 0 Å². The number of esters is 4. The standard InChI is InChI=1S/C75H146O17P2/c1-65(2)51-43-35-27-20-15-11-9-13-17-23-31-39-47-55-72(77)85-61-70(92-75(80)58-50-42-33-25-19-22-29-37-45-53-67(5)6)63-89-93(81,82)87-59-69(76)60-88-94(83,84)90-64-71(62-86-73(78)56-48-40-34-26-30-38-46-54-68(7)8)91-74(79)57-49-41-32-24-18-14-10-12-16-21-28-36-44-52-66(3)4/h65-71,76H,9-64H2,1-8H3,(H,81,82)(H,83,84)/t69?,70-,71-/m1/s1. The predicted molar refractivity (Wildman–Crippen MR) is 381 cm³/mol. The number of phosphoric ester groups is 2. The first-order valence-corrected chi connectivity index (χ1v) is 41.7. The number of unbranched alkanes of at least 4 members (excludes halogenated alkanes) is 38. The minimum absolute atomic E-state index is 0.105. The highest BCUT2D eigenvalue weighted by atomic mass is 31.2. The van der Waals surface area contributed by atoms with Gasteiger partial charge in [0, 0.05) is 25.7 Å². The maximum atomic E-state index is 13.1. The fourth-order valence-electron chi connectivity index (χ4n) is 11.4. The molecule has 94 heavy (non-hydrogen) atoms. The normalized spacial score (nSPS) is 14.2. The molecule has 0 saturated heterocycles. The van der Waals surface area contributed by atoms with Gasteiger partial charge in [-0.3, -0.25) is 37.3 Å². The highest BCUT2D eigenvalue weighted by Gasteiger charge is 2.30. The Morgan fingerprint density at radius 2 is 0.447 bits per heavy atom. The summed E-state index contributed by atoms with van der Waals surface area (Å²) in [6.45, 7) is 14.2. The van der Waals surface area contributed by atoms with Crippen molar-refractivity contribution >= 4 is 39.5 Å². The van der Waals surface area contributed by atoms with E-state index >= 15 is 0 Å². The zero-order valence-electron chi connectivity index (χ0n) is 61.6. The van der Waals surface area contributed by atoms with Crippen molar-refractivity contribution in [3.05, 3.63) is 0 Å². The molecule has 0 aliphatic rings. The molecule has 558 valence electrons. The van der Waals surface area contributed by atoms with Gasteiger partial charge in [-0.05, 0) is 49.4 Å². The molecule has 5 atom stereocenters. The lowest BCUT2D eigenvalue weighted by Gasteiger charge is -2.21. The van der Waals surface area contributed by atoms with Crippen molar-refractivity contribution in [2.24, 2.45) is 23.7 Å². The van der Waals surface area contributed by atoms with Crippen molar-refractivity contribution in [2.45, 2.75) is 395 Å². The number of rotatable bonds is 72. The fraction of sp³-hybridized carbons (Fsp3) is 0.947. The highest BCUT2D eigenvalue weighted by molar-refractivity contribution is 7.47. The summed E-state index contributed by atoms with van der Waals surface area (Å²) in [6, 6.07) is 0. The van der Waals surface area contributed by atoms with Crippen LogP contribution in [0.2, 0.25) is 0 Å². The average molecular weight is 1380 g/mol. The topological polar surface area (TPSA) is 237 Å². The summed E-state index contributed by atoms with van der Waals surface area (Å²) in [5.74, 6) is 0.896. The van der Waals surface area contributed by atoms with Gasteiger partial charge in [0.2, 0.25) is 0 Å². The molecule has 0 bridgehead atoms. The van der Waals surface area contributed by atoms with E-state index in [1.807, 2.05) is 0 Å². The molecule has 0 amide bonds. The molecular formula is C75H146O17P2. The summed E-state index contributed by atoms with van der Waals surface area (Å²) in [5, 5.41) is 10.6. The highest BCUT2D eigenvalue weighted by Crippen LogP contribution is 2.45. The van der Waals surface area contributed by atoms with Gasteiger partial charge in [0.1, 0.15) is 19.3 Å². The van der Waals surface area contributed by atoms with Crippen LogP contribution in [0.25, 0.3) is 0 Å². The minimum atomic E-state index is -4.96.